The number of carboxylic acid groups (broad SMARTS) is 1. The van der Waals surface area contributed by atoms with E-state index in [0.717, 1.165) is 12.3 Å². The van der Waals surface area contributed by atoms with Gasteiger partial charge >= 0.3 is 5.97 Å². The number of nitrogens with zero attached hydrogens (tertiary/aromatic N) is 2. The van der Waals surface area contributed by atoms with E-state index in [1.54, 1.807) is 6.07 Å². The minimum Gasteiger partial charge on any atom is -0.480 e. The van der Waals surface area contributed by atoms with Crippen LogP contribution in [0, 0.1) is 11.3 Å². The summed E-state index contributed by atoms with van der Waals surface area (Å²) in [5, 5.41) is 17.5. The number of amides is 1. The lowest BCUT2D eigenvalue weighted by Crippen LogP contribution is -2.41. The van der Waals surface area contributed by atoms with Crippen LogP contribution in [0.1, 0.15) is 18.5 Å². The van der Waals surface area contributed by atoms with Crippen LogP contribution in [0.2, 0.25) is 0 Å². The van der Waals surface area contributed by atoms with Gasteiger partial charge in [-0.2, -0.15) is 9.98 Å². The van der Waals surface area contributed by atoms with E-state index in [1.807, 2.05) is 4.72 Å². The zero-order chi connectivity index (χ0) is 16.0. The number of carbonyl (C=O) groups is 2. The van der Waals surface area contributed by atoms with Crippen LogP contribution >= 0.6 is 0 Å². The molecule has 4 N–H and O–H groups in total. The van der Waals surface area contributed by atoms with Crippen LogP contribution < -0.4 is 10.5 Å². The molecule has 0 spiro atoms. The smallest absolute Gasteiger partial charge is 0.321 e. The molecule has 1 rings (SSSR count). The molecule has 1 heterocycles. The van der Waals surface area contributed by atoms with Crippen molar-refractivity contribution >= 4 is 21.9 Å². The molecule has 0 unspecified atom stereocenters. The number of sulfonamides is 1. The first-order valence-electron chi connectivity index (χ1n) is 5.66. The Kier molecular flexibility index (Phi) is 5.34. The van der Waals surface area contributed by atoms with E-state index < -0.39 is 27.9 Å². The summed E-state index contributed by atoms with van der Waals surface area (Å²) in [6.45, 7) is 0. The van der Waals surface area contributed by atoms with E-state index in [0.29, 0.717) is 0 Å². The van der Waals surface area contributed by atoms with Gasteiger partial charge in [-0.05, 0) is 18.6 Å². The van der Waals surface area contributed by atoms with Crippen LogP contribution in [0.25, 0.3) is 0 Å². The molecule has 0 saturated carbocycles. The first-order chi connectivity index (χ1) is 9.76. The Hall–Kier alpha value is -2.51. The molecule has 21 heavy (non-hydrogen) atoms. The summed E-state index contributed by atoms with van der Waals surface area (Å²) in [5.41, 5.74) is 4.92. The fraction of sp³-hybridized carbons (Fsp3) is 0.273. The number of aromatic nitrogens is 1. The van der Waals surface area contributed by atoms with Crippen molar-refractivity contribution in [1.29, 1.82) is 5.26 Å². The van der Waals surface area contributed by atoms with E-state index in [9.17, 15) is 18.0 Å². The Morgan fingerprint density at radius 3 is 2.57 bits per heavy atom. The summed E-state index contributed by atoms with van der Waals surface area (Å²) in [7, 11) is -4.13. The average molecular weight is 312 g/mol. The highest BCUT2D eigenvalue weighted by Crippen LogP contribution is 2.10. The molecule has 0 aromatic carbocycles. The Bertz CT molecular complexity index is 678. The monoisotopic (exact) mass is 312 g/mol. The van der Waals surface area contributed by atoms with Crippen LogP contribution in [-0.2, 0) is 19.6 Å². The van der Waals surface area contributed by atoms with Crippen molar-refractivity contribution in [2.24, 2.45) is 5.73 Å². The molecule has 0 fully saturated rings. The number of nitriles is 1. The zero-order valence-electron chi connectivity index (χ0n) is 10.7. The van der Waals surface area contributed by atoms with E-state index in [-0.39, 0.29) is 23.4 Å². The lowest BCUT2D eigenvalue weighted by atomic mass is 10.2. The molecule has 0 saturated heterocycles. The molecule has 0 bridgehead atoms. The number of hydrogen-bond donors (Lipinski definition) is 3. The standard InChI is InChI=1S/C11H12N4O5S/c12-5-7-1-2-8(6-14-7)21(19,20)15-9(11(17)18)3-4-10(13)16/h1-2,6,9,15H,3-4H2,(H2,13,16)(H,17,18)/t9-/m0/s1. The van der Waals surface area contributed by atoms with Crippen molar-refractivity contribution in [1.82, 2.24) is 9.71 Å². The second-order valence-corrected chi connectivity index (χ2v) is 5.72. The van der Waals surface area contributed by atoms with Crippen LogP contribution in [0.3, 0.4) is 0 Å². The van der Waals surface area contributed by atoms with Crippen molar-refractivity contribution in [3.05, 3.63) is 24.0 Å². The lowest BCUT2D eigenvalue weighted by Gasteiger charge is -2.13. The number of aliphatic carboxylic acids is 1. The summed E-state index contributed by atoms with van der Waals surface area (Å²) < 4.78 is 25.9. The highest BCUT2D eigenvalue weighted by atomic mass is 32.2. The second-order valence-electron chi connectivity index (χ2n) is 4.01. The molecule has 0 aliphatic rings. The first-order valence-corrected chi connectivity index (χ1v) is 7.14. The first kappa shape index (κ1) is 16.5. The average Bonchev–Trinajstić information content (AvgIpc) is 2.43. The summed E-state index contributed by atoms with van der Waals surface area (Å²) >= 11 is 0. The molecule has 1 atom stereocenters. The Morgan fingerprint density at radius 1 is 1.48 bits per heavy atom. The van der Waals surface area contributed by atoms with E-state index >= 15 is 0 Å². The van der Waals surface area contributed by atoms with Crippen molar-refractivity contribution < 1.29 is 23.1 Å². The van der Waals surface area contributed by atoms with Crippen molar-refractivity contribution in [2.45, 2.75) is 23.8 Å². The predicted molar refractivity (Wildman–Crippen MR) is 69.1 cm³/mol. The summed E-state index contributed by atoms with van der Waals surface area (Å²) in [6, 6.07) is 2.55. The minimum atomic E-state index is -4.13. The summed E-state index contributed by atoms with van der Waals surface area (Å²) in [4.78, 5) is 24.9. The molecule has 112 valence electrons. The van der Waals surface area contributed by atoms with Crippen molar-refractivity contribution in [3.63, 3.8) is 0 Å². The zero-order valence-corrected chi connectivity index (χ0v) is 11.5. The Balaban J connectivity index is 2.92. The van der Waals surface area contributed by atoms with E-state index in [1.165, 1.54) is 6.07 Å². The summed E-state index contributed by atoms with van der Waals surface area (Å²) in [5.74, 6) is -2.16. The third-order valence-corrected chi connectivity index (χ3v) is 3.89. The predicted octanol–water partition coefficient (Wildman–Crippen LogP) is -1.05. The number of carboxylic acids is 1. The Labute approximate surface area is 120 Å². The number of nitrogens with one attached hydrogen (secondary N) is 1. The number of carbonyl (C=O) groups excluding carboxylic acids is 1. The number of hydrogen-bond acceptors (Lipinski definition) is 6. The molecule has 0 aliphatic carbocycles. The van der Waals surface area contributed by atoms with Crippen LogP contribution in [0.5, 0.6) is 0 Å². The van der Waals surface area contributed by atoms with Gasteiger partial charge in [-0.15, -0.1) is 0 Å². The van der Waals surface area contributed by atoms with Gasteiger partial charge in [-0.3, -0.25) is 9.59 Å². The topological polar surface area (TPSA) is 163 Å². The molecule has 0 aliphatic heterocycles. The SMILES string of the molecule is N#Cc1ccc(S(=O)(=O)N[C@@H](CCC(N)=O)C(=O)O)cn1. The van der Waals surface area contributed by atoms with Gasteiger partial charge in [0, 0.05) is 12.6 Å². The molecular weight excluding hydrogens is 300 g/mol. The molecule has 0 radical (unpaired) electrons. The van der Waals surface area contributed by atoms with Gasteiger partial charge in [0.05, 0.1) is 0 Å². The fourth-order valence-corrected chi connectivity index (χ4v) is 2.55. The number of nitrogens with two attached hydrogens (primary N) is 1. The minimum absolute atomic E-state index is 0.0254. The highest BCUT2D eigenvalue weighted by molar-refractivity contribution is 7.89. The van der Waals surface area contributed by atoms with E-state index in [2.05, 4.69) is 4.98 Å². The second kappa shape index (κ2) is 6.78. The molecule has 1 aromatic heterocycles. The summed E-state index contributed by atoms with van der Waals surface area (Å²) in [6.07, 6.45) is 0.395. The maximum atomic E-state index is 12.0. The molecule has 1 amide bonds. The highest BCUT2D eigenvalue weighted by Gasteiger charge is 2.25. The Morgan fingerprint density at radius 2 is 2.14 bits per heavy atom. The van der Waals surface area contributed by atoms with Gasteiger partial charge < -0.3 is 10.8 Å². The third kappa shape index (κ3) is 4.83. The molecule has 1 aromatic rings. The largest absolute Gasteiger partial charge is 0.480 e. The van der Waals surface area contributed by atoms with Crippen molar-refractivity contribution in [2.75, 3.05) is 0 Å². The normalized spacial score (nSPS) is 12.3. The maximum Gasteiger partial charge on any atom is 0.321 e. The van der Waals surface area contributed by atoms with Crippen LogP contribution in [0.15, 0.2) is 23.2 Å². The van der Waals surface area contributed by atoms with Gasteiger partial charge in [-0.1, -0.05) is 0 Å². The molecule has 9 nitrogen and oxygen atoms in total. The van der Waals surface area contributed by atoms with Crippen LogP contribution in [-0.4, -0.2) is 36.4 Å². The van der Waals surface area contributed by atoms with Crippen molar-refractivity contribution in [3.8, 4) is 6.07 Å². The van der Waals surface area contributed by atoms with Crippen LogP contribution in [0.4, 0.5) is 0 Å². The quantitative estimate of drug-likeness (QED) is 0.578. The maximum absolute atomic E-state index is 12.0. The number of rotatable bonds is 7. The number of primary amides is 1. The fourth-order valence-electron chi connectivity index (χ4n) is 1.38. The van der Waals surface area contributed by atoms with Gasteiger partial charge in [0.2, 0.25) is 15.9 Å². The van der Waals surface area contributed by atoms with Gasteiger partial charge in [-0.25, -0.2) is 13.4 Å². The van der Waals surface area contributed by atoms with Gasteiger partial charge in [0.1, 0.15) is 22.7 Å². The lowest BCUT2D eigenvalue weighted by molar-refractivity contribution is -0.139. The number of pyridine rings is 1. The van der Waals surface area contributed by atoms with Gasteiger partial charge in [0.15, 0.2) is 0 Å². The molecular formula is C11H12N4O5S. The third-order valence-electron chi connectivity index (χ3n) is 2.44. The molecule has 10 heteroatoms. The van der Waals surface area contributed by atoms with E-state index in [4.69, 9.17) is 16.1 Å². The van der Waals surface area contributed by atoms with Gasteiger partial charge in [0.25, 0.3) is 0 Å².